The number of hydrogen-bond acceptors (Lipinski definition) is 6. The molecule has 1 amide bonds. The van der Waals surface area contributed by atoms with E-state index in [9.17, 15) is 4.79 Å². The van der Waals surface area contributed by atoms with E-state index in [0.717, 1.165) is 5.82 Å². The molecular formula is C14H16N4O3S. The summed E-state index contributed by atoms with van der Waals surface area (Å²) in [4.78, 5) is 12.3. The number of hydrogen-bond donors (Lipinski definition) is 1. The third kappa shape index (κ3) is 2.87. The van der Waals surface area contributed by atoms with Crippen LogP contribution < -0.4 is 14.8 Å². The fraction of sp³-hybridized carbons (Fsp3) is 0.357. The summed E-state index contributed by atoms with van der Waals surface area (Å²) in [6.45, 7) is 3.91. The quantitative estimate of drug-likeness (QED) is 0.868. The van der Waals surface area contributed by atoms with E-state index in [0.29, 0.717) is 22.3 Å². The third-order valence-corrected chi connectivity index (χ3v) is 4.48. The van der Waals surface area contributed by atoms with E-state index < -0.39 is 0 Å². The first-order valence-electron chi connectivity index (χ1n) is 6.78. The highest BCUT2D eigenvalue weighted by Crippen LogP contribution is 2.34. The number of carbonyl (C=O) groups is 1. The molecule has 0 saturated carbocycles. The monoisotopic (exact) mass is 320 g/mol. The number of fused-ring (bicyclic) bond motifs is 1. The molecule has 1 aliphatic heterocycles. The smallest absolute Gasteiger partial charge is 0.237 e. The van der Waals surface area contributed by atoms with Gasteiger partial charge in [-0.1, -0.05) is 11.8 Å². The van der Waals surface area contributed by atoms with Gasteiger partial charge in [0.05, 0.1) is 5.25 Å². The van der Waals surface area contributed by atoms with Crippen molar-refractivity contribution < 1.29 is 14.3 Å². The Bertz CT molecular complexity index is 716. The van der Waals surface area contributed by atoms with Crippen molar-refractivity contribution >= 4 is 23.4 Å². The fourth-order valence-corrected chi connectivity index (χ4v) is 2.78. The molecule has 116 valence electrons. The number of aromatic nitrogens is 3. The highest BCUT2D eigenvalue weighted by atomic mass is 32.2. The minimum Gasteiger partial charge on any atom is -0.454 e. The molecule has 0 radical (unpaired) electrons. The molecule has 1 N–H and O–H groups in total. The largest absolute Gasteiger partial charge is 0.454 e. The summed E-state index contributed by atoms with van der Waals surface area (Å²) in [5.74, 6) is 2.03. The van der Waals surface area contributed by atoms with Crippen LogP contribution in [-0.4, -0.2) is 32.7 Å². The molecule has 0 saturated heterocycles. The van der Waals surface area contributed by atoms with Gasteiger partial charge in [-0.2, -0.15) is 0 Å². The molecule has 8 heteroatoms. The molecule has 1 aromatic heterocycles. The number of ether oxygens (including phenoxy) is 2. The van der Waals surface area contributed by atoms with Crippen LogP contribution in [0.3, 0.4) is 0 Å². The van der Waals surface area contributed by atoms with Gasteiger partial charge in [-0.05, 0) is 26.0 Å². The first-order chi connectivity index (χ1) is 10.5. The number of rotatable bonds is 4. The third-order valence-electron chi connectivity index (χ3n) is 3.34. The fourth-order valence-electron chi connectivity index (χ4n) is 1.92. The van der Waals surface area contributed by atoms with E-state index >= 15 is 0 Å². The van der Waals surface area contributed by atoms with Gasteiger partial charge >= 0.3 is 0 Å². The predicted molar refractivity (Wildman–Crippen MR) is 82.3 cm³/mol. The normalized spacial score (nSPS) is 14.0. The SMILES string of the molecule is Cc1nnc(S[C@H](C)C(=O)Nc2ccc3c(c2)OCO3)n1C. The van der Waals surface area contributed by atoms with Crippen molar-refractivity contribution in [1.82, 2.24) is 14.8 Å². The van der Waals surface area contributed by atoms with Crippen molar-refractivity contribution in [3.05, 3.63) is 24.0 Å². The number of nitrogens with one attached hydrogen (secondary N) is 1. The van der Waals surface area contributed by atoms with Crippen LogP contribution >= 0.6 is 11.8 Å². The highest BCUT2D eigenvalue weighted by Gasteiger charge is 2.19. The van der Waals surface area contributed by atoms with Crippen LogP contribution in [0, 0.1) is 6.92 Å². The van der Waals surface area contributed by atoms with Crippen molar-refractivity contribution in [2.75, 3.05) is 12.1 Å². The molecule has 1 aromatic carbocycles. The number of anilines is 1. The van der Waals surface area contributed by atoms with Gasteiger partial charge in [0.2, 0.25) is 12.7 Å². The van der Waals surface area contributed by atoms with Gasteiger partial charge in [-0.3, -0.25) is 4.79 Å². The minimum atomic E-state index is -0.298. The molecule has 0 unspecified atom stereocenters. The standard InChI is InChI=1S/C14H16N4O3S/c1-8(22-14-17-16-9(2)18(14)3)13(19)15-10-4-5-11-12(6-10)21-7-20-11/h4-6,8H,7H2,1-3H3,(H,15,19)/t8-/m1/s1. The summed E-state index contributed by atoms with van der Waals surface area (Å²) in [5, 5.41) is 11.3. The van der Waals surface area contributed by atoms with E-state index in [1.54, 1.807) is 18.2 Å². The zero-order chi connectivity index (χ0) is 15.7. The molecule has 2 aromatic rings. The minimum absolute atomic E-state index is 0.107. The van der Waals surface area contributed by atoms with Crippen LogP contribution in [-0.2, 0) is 11.8 Å². The zero-order valence-corrected chi connectivity index (χ0v) is 13.3. The number of carbonyl (C=O) groups excluding carboxylic acids is 1. The van der Waals surface area contributed by atoms with Crippen LogP contribution in [0.15, 0.2) is 23.4 Å². The average molecular weight is 320 g/mol. The van der Waals surface area contributed by atoms with Crippen LogP contribution in [0.5, 0.6) is 11.5 Å². The lowest BCUT2D eigenvalue weighted by atomic mass is 10.2. The Kier molecular flexibility index (Phi) is 3.93. The van der Waals surface area contributed by atoms with Gasteiger partial charge in [-0.25, -0.2) is 0 Å². The van der Waals surface area contributed by atoms with Gasteiger partial charge in [0.1, 0.15) is 5.82 Å². The maximum Gasteiger partial charge on any atom is 0.237 e. The molecule has 1 aliphatic rings. The van der Waals surface area contributed by atoms with Gasteiger partial charge in [0.25, 0.3) is 0 Å². The van der Waals surface area contributed by atoms with Crippen molar-refractivity contribution in [3.8, 4) is 11.5 Å². The second kappa shape index (κ2) is 5.88. The van der Waals surface area contributed by atoms with Crippen LogP contribution in [0.1, 0.15) is 12.7 Å². The Hall–Kier alpha value is -2.22. The van der Waals surface area contributed by atoms with Gasteiger partial charge < -0.3 is 19.4 Å². The molecule has 0 spiro atoms. The zero-order valence-electron chi connectivity index (χ0n) is 12.5. The Morgan fingerprint density at radius 2 is 2.14 bits per heavy atom. The molecule has 1 atom stereocenters. The Morgan fingerprint density at radius 1 is 1.36 bits per heavy atom. The number of thioether (sulfide) groups is 1. The van der Waals surface area contributed by atoms with E-state index in [4.69, 9.17) is 9.47 Å². The second-order valence-corrected chi connectivity index (χ2v) is 6.21. The molecule has 7 nitrogen and oxygen atoms in total. The summed E-state index contributed by atoms with van der Waals surface area (Å²) in [6, 6.07) is 5.32. The Morgan fingerprint density at radius 3 is 2.86 bits per heavy atom. The topological polar surface area (TPSA) is 78.3 Å². The summed E-state index contributed by atoms with van der Waals surface area (Å²) >= 11 is 1.37. The van der Waals surface area contributed by atoms with Crippen molar-refractivity contribution in [2.45, 2.75) is 24.3 Å². The first kappa shape index (κ1) is 14.7. The Labute approximate surface area is 132 Å². The molecule has 0 fully saturated rings. The maximum absolute atomic E-state index is 12.3. The molecule has 0 aliphatic carbocycles. The van der Waals surface area contributed by atoms with Crippen molar-refractivity contribution in [2.24, 2.45) is 7.05 Å². The van der Waals surface area contributed by atoms with Crippen LogP contribution in [0.4, 0.5) is 5.69 Å². The Balaban J connectivity index is 1.65. The number of benzene rings is 1. The van der Waals surface area contributed by atoms with Crippen LogP contribution in [0.25, 0.3) is 0 Å². The first-order valence-corrected chi connectivity index (χ1v) is 7.65. The lowest BCUT2D eigenvalue weighted by Crippen LogP contribution is -2.22. The summed E-state index contributed by atoms with van der Waals surface area (Å²) in [5.41, 5.74) is 0.677. The molecule has 2 heterocycles. The number of nitrogens with zero attached hydrogens (tertiary/aromatic N) is 3. The molecule has 0 bridgehead atoms. The van der Waals surface area contributed by atoms with Crippen molar-refractivity contribution in [1.29, 1.82) is 0 Å². The molecule has 3 rings (SSSR count). The number of amides is 1. The van der Waals surface area contributed by atoms with Gasteiger partial charge in [-0.15, -0.1) is 10.2 Å². The summed E-state index contributed by atoms with van der Waals surface area (Å²) < 4.78 is 12.4. The lowest BCUT2D eigenvalue weighted by Gasteiger charge is -2.11. The predicted octanol–water partition coefficient (Wildman–Crippen LogP) is 1.97. The van der Waals surface area contributed by atoms with Crippen molar-refractivity contribution in [3.63, 3.8) is 0 Å². The summed E-state index contributed by atoms with van der Waals surface area (Å²) in [6.07, 6.45) is 0. The van der Waals surface area contributed by atoms with Crippen LogP contribution in [0.2, 0.25) is 0 Å². The number of aryl methyl sites for hydroxylation is 1. The highest BCUT2D eigenvalue weighted by molar-refractivity contribution is 8.00. The molecule has 22 heavy (non-hydrogen) atoms. The lowest BCUT2D eigenvalue weighted by molar-refractivity contribution is -0.115. The van der Waals surface area contributed by atoms with E-state index in [1.807, 2.05) is 25.5 Å². The van der Waals surface area contributed by atoms with Gasteiger partial charge in [0.15, 0.2) is 16.7 Å². The van der Waals surface area contributed by atoms with E-state index in [1.165, 1.54) is 11.8 Å². The summed E-state index contributed by atoms with van der Waals surface area (Å²) in [7, 11) is 1.88. The van der Waals surface area contributed by atoms with E-state index in [2.05, 4.69) is 15.5 Å². The second-order valence-electron chi connectivity index (χ2n) is 4.91. The van der Waals surface area contributed by atoms with E-state index in [-0.39, 0.29) is 18.0 Å². The maximum atomic E-state index is 12.3. The average Bonchev–Trinajstić information content (AvgIpc) is 3.08. The molecular weight excluding hydrogens is 304 g/mol. The van der Waals surface area contributed by atoms with Gasteiger partial charge in [0, 0.05) is 18.8 Å².